The van der Waals surface area contributed by atoms with Crippen molar-refractivity contribution in [1.29, 1.82) is 0 Å². The Kier molecular flexibility index (Phi) is 16.3. The van der Waals surface area contributed by atoms with Gasteiger partial charge in [0.1, 0.15) is 0 Å². The molecule has 7 rings (SSSR count). The molecule has 0 saturated heterocycles. The molecule has 0 atom stereocenters. The standard InChI is InChI=1S/C24H27.C19H19.C2H6Si.2ClH.Zr/c1-17(2)18-11-13-20(14-12-18)23-10-6-9-21-15-22(16-24(21)23)19-7-4-3-5-8-19;1-13(2)15-7-9-16(10-8-15)18-6-4-5-17-11-14(3)12-19(17)18;1-3-2;;;/h6,9-17,19H,3-5,7-8H2,1-2H3;4-13H,1-3H3;1-2H3;2*1H;/q2*-1;;;;+2/p-2. The summed E-state index contributed by atoms with van der Waals surface area (Å²) >= 11 is 1.74. The van der Waals surface area contributed by atoms with Crippen LogP contribution in [0.25, 0.3) is 43.8 Å². The minimum Gasteiger partial charge on any atom is -1.00 e. The van der Waals surface area contributed by atoms with Crippen LogP contribution < -0.4 is 24.8 Å². The SMILES string of the molecule is CC(C)c1ccc(-c2cccc3[cH-]c(C4CCCCC4)cc23)cc1.C[Si](C)=[Zr+2].Cc1cc2c(-c3ccc(C(C)C)cc3)cccc2[cH-]1.[Cl-].[Cl-]. The fourth-order valence-corrected chi connectivity index (χ4v) is 6.91. The summed E-state index contributed by atoms with van der Waals surface area (Å²) in [6, 6.07) is 40.9. The quantitative estimate of drug-likeness (QED) is 0.124. The molecular weight excluding hydrogens is 731 g/mol. The zero-order valence-electron chi connectivity index (χ0n) is 30.4. The van der Waals surface area contributed by atoms with Crippen LogP contribution in [0.15, 0.2) is 109 Å². The van der Waals surface area contributed by atoms with Crippen LogP contribution in [0.5, 0.6) is 0 Å². The summed E-state index contributed by atoms with van der Waals surface area (Å²) < 4.78 is 0. The van der Waals surface area contributed by atoms with Crippen molar-refractivity contribution >= 4 is 27.0 Å². The Bertz CT molecular complexity index is 1900. The summed E-state index contributed by atoms with van der Waals surface area (Å²) in [5.74, 6) is 1.96. The third-order valence-electron chi connectivity index (χ3n) is 9.52. The van der Waals surface area contributed by atoms with E-state index in [9.17, 15) is 0 Å². The van der Waals surface area contributed by atoms with Gasteiger partial charge < -0.3 is 24.8 Å². The van der Waals surface area contributed by atoms with Crippen LogP contribution in [0, 0.1) is 6.92 Å². The maximum Gasteiger partial charge on any atom is -0.0219 e. The molecule has 49 heavy (non-hydrogen) atoms. The van der Waals surface area contributed by atoms with Crippen LogP contribution in [0.1, 0.15) is 99.8 Å². The van der Waals surface area contributed by atoms with Gasteiger partial charge >= 0.3 is 41.9 Å². The molecule has 6 aromatic rings. The summed E-state index contributed by atoms with van der Waals surface area (Å²) in [6.45, 7) is 15.7. The maximum atomic E-state index is 2.47. The second-order valence-electron chi connectivity index (χ2n) is 14.3. The molecule has 4 heteroatoms. The number of hydrogen-bond acceptors (Lipinski definition) is 0. The van der Waals surface area contributed by atoms with Crippen LogP contribution in [0.4, 0.5) is 0 Å². The molecule has 1 fully saturated rings. The molecule has 0 unspecified atom stereocenters. The van der Waals surface area contributed by atoms with Gasteiger partial charge in [0.25, 0.3) is 0 Å². The molecule has 0 aliphatic heterocycles. The molecule has 256 valence electrons. The molecule has 1 aliphatic carbocycles. The van der Waals surface area contributed by atoms with E-state index in [4.69, 9.17) is 0 Å². The van der Waals surface area contributed by atoms with Gasteiger partial charge in [0.15, 0.2) is 0 Å². The van der Waals surface area contributed by atoms with Crippen molar-refractivity contribution < 1.29 is 48.1 Å². The Labute approximate surface area is 324 Å². The second kappa shape index (κ2) is 19.4. The van der Waals surface area contributed by atoms with E-state index in [2.05, 4.69) is 157 Å². The van der Waals surface area contributed by atoms with Crippen LogP contribution in [-0.2, 0) is 23.3 Å². The number of benzene rings is 4. The average Bonchev–Trinajstić information content (AvgIpc) is 3.68. The molecule has 0 heterocycles. The van der Waals surface area contributed by atoms with Gasteiger partial charge in [0.2, 0.25) is 0 Å². The Hall–Kier alpha value is -2.22. The fraction of sp³-hybridized carbons (Fsp3) is 0.333. The van der Waals surface area contributed by atoms with Gasteiger partial charge in [-0.25, -0.2) is 0 Å². The normalized spacial score (nSPS) is 12.9. The first-order valence-corrected chi connectivity index (χ1v) is 23.9. The second-order valence-corrected chi connectivity index (χ2v) is 23.7. The van der Waals surface area contributed by atoms with Gasteiger partial charge in [0.05, 0.1) is 0 Å². The van der Waals surface area contributed by atoms with E-state index in [1.54, 1.807) is 28.9 Å². The largest absolute Gasteiger partial charge is 1.00 e. The predicted octanol–water partition coefficient (Wildman–Crippen LogP) is 7.85. The number of aryl methyl sites for hydroxylation is 1. The Morgan fingerprint density at radius 1 is 0.612 bits per heavy atom. The third-order valence-corrected chi connectivity index (χ3v) is 9.52. The van der Waals surface area contributed by atoms with Gasteiger partial charge in [0, 0.05) is 0 Å². The molecule has 0 radical (unpaired) electrons. The molecule has 0 spiro atoms. The number of rotatable bonds is 5. The zero-order valence-corrected chi connectivity index (χ0v) is 35.4. The first-order valence-electron chi connectivity index (χ1n) is 17.7. The Morgan fingerprint density at radius 3 is 1.49 bits per heavy atom. The number of fused-ring (bicyclic) bond motifs is 2. The minimum absolute atomic E-state index is 0. The first-order chi connectivity index (χ1) is 22.6. The van der Waals surface area contributed by atoms with Crippen molar-refractivity contribution in [3.8, 4) is 22.3 Å². The van der Waals surface area contributed by atoms with Gasteiger partial charge in [-0.1, -0.05) is 126 Å². The Morgan fingerprint density at radius 2 is 1.04 bits per heavy atom. The summed E-state index contributed by atoms with van der Waals surface area (Å²) in [4.78, 5) is 0. The van der Waals surface area contributed by atoms with E-state index in [1.165, 1.54) is 92.6 Å². The maximum absolute atomic E-state index is 2.47. The molecule has 0 bridgehead atoms. The molecule has 1 aliphatic rings. The number of hydrogen-bond donors (Lipinski definition) is 0. The van der Waals surface area contributed by atoms with Crippen LogP contribution in [0.3, 0.4) is 0 Å². The van der Waals surface area contributed by atoms with E-state index in [1.807, 2.05) is 0 Å². The van der Waals surface area contributed by atoms with Gasteiger partial charge in [-0.3, -0.25) is 0 Å². The van der Waals surface area contributed by atoms with E-state index < -0.39 is 0 Å². The Balaban J connectivity index is 0.000000235. The fourth-order valence-electron chi connectivity index (χ4n) is 6.91. The van der Waals surface area contributed by atoms with E-state index in [-0.39, 0.29) is 30.2 Å². The molecule has 1 saturated carbocycles. The molecule has 0 N–H and O–H groups in total. The predicted molar refractivity (Wildman–Crippen MR) is 206 cm³/mol. The third kappa shape index (κ3) is 10.9. The molecule has 6 aromatic carbocycles. The van der Waals surface area contributed by atoms with Crippen LogP contribution in [-0.4, -0.2) is 5.43 Å². The minimum atomic E-state index is 0. The summed E-state index contributed by atoms with van der Waals surface area (Å²) in [5.41, 5.74) is 11.3. The van der Waals surface area contributed by atoms with Crippen LogP contribution in [0.2, 0.25) is 13.1 Å². The van der Waals surface area contributed by atoms with Crippen molar-refractivity contribution in [3.05, 3.63) is 131 Å². The smallest absolute Gasteiger partial charge is 0.0219 e. The van der Waals surface area contributed by atoms with Crippen molar-refractivity contribution in [2.24, 2.45) is 0 Å². The average molecular weight is 783 g/mol. The van der Waals surface area contributed by atoms with E-state index in [0.29, 0.717) is 11.8 Å². The molecular formula is C45H52Cl2SiZr-2. The monoisotopic (exact) mass is 780 g/mol. The molecule has 0 amide bonds. The summed E-state index contributed by atoms with van der Waals surface area (Å²) in [6.07, 6.45) is 6.96. The van der Waals surface area contributed by atoms with Crippen LogP contribution >= 0.6 is 0 Å². The van der Waals surface area contributed by atoms with Crippen molar-refractivity contribution in [3.63, 3.8) is 0 Å². The van der Waals surface area contributed by atoms with Gasteiger partial charge in [-0.2, -0.15) is 12.1 Å². The summed E-state index contributed by atoms with van der Waals surface area (Å²) in [7, 11) is 0. The topological polar surface area (TPSA) is 0 Å². The summed E-state index contributed by atoms with van der Waals surface area (Å²) in [5, 5.41) is 5.52. The van der Waals surface area contributed by atoms with E-state index in [0.717, 1.165) is 5.92 Å². The first kappa shape index (κ1) is 41.2. The molecule has 0 nitrogen and oxygen atoms in total. The van der Waals surface area contributed by atoms with Gasteiger partial charge in [-0.15, -0.1) is 69.1 Å². The zero-order chi connectivity index (χ0) is 33.5. The van der Waals surface area contributed by atoms with Crippen molar-refractivity contribution in [1.82, 2.24) is 0 Å². The van der Waals surface area contributed by atoms with Crippen molar-refractivity contribution in [2.45, 2.75) is 97.6 Å². The van der Waals surface area contributed by atoms with E-state index >= 15 is 0 Å². The molecule has 0 aromatic heterocycles. The number of halogens is 2. The van der Waals surface area contributed by atoms with Gasteiger partial charge in [-0.05, 0) is 52.8 Å². The van der Waals surface area contributed by atoms with Crippen molar-refractivity contribution in [2.75, 3.05) is 0 Å².